The van der Waals surface area contributed by atoms with Gasteiger partial charge >= 0.3 is 0 Å². The topological polar surface area (TPSA) is 0 Å². The zero-order chi connectivity index (χ0) is 11.5. The van der Waals surface area contributed by atoms with Crippen LogP contribution in [0.15, 0.2) is 43.0 Å². The molecule has 0 spiro atoms. The molecule has 0 saturated heterocycles. The van der Waals surface area contributed by atoms with Crippen LogP contribution in [0.4, 0.5) is 0 Å². The van der Waals surface area contributed by atoms with Crippen molar-refractivity contribution in [2.45, 2.75) is 25.9 Å². The minimum absolute atomic E-state index is 0. The molecule has 0 aliphatic rings. The van der Waals surface area contributed by atoms with Gasteiger partial charge in [0, 0.05) is 5.56 Å². The average molecular weight is 240 g/mol. The van der Waals surface area contributed by atoms with Crippen LogP contribution in [0.1, 0.15) is 19.4 Å². The molecule has 0 aromatic heterocycles. The summed E-state index contributed by atoms with van der Waals surface area (Å²) in [5, 5.41) is 0. The van der Waals surface area contributed by atoms with Crippen LogP contribution in [0, 0.1) is 0 Å². The third kappa shape index (κ3) is 3.36. The van der Waals surface area contributed by atoms with Crippen molar-refractivity contribution in [3.8, 4) is 0 Å². The number of hydrogen-bond donors (Lipinski definition) is 0. The molecule has 1 aromatic carbocycles. The van der Waals surface area contributed by atoms with Crippen LogP contribution in [-0.2, 0) is 6.54 Å². The highest BCUT2D eigenvalue weighted by atomic mass is 35.5. The molecular weight excluding hydrogens is 218 g/mol. The first-order valence-corrected chi connectivity index (χ1v) is 5.40. The average Bonchev–Trinajstić information content (AvgIpc) is 2.18. The summed E-state index contributed by atoms with van der Waals surface area (Å²) in [6, 6.07) is 10.6. The van der Waals surface area contributed by atoms with Crippen LogP contribution in [0.5, 0.6) is 0 Å². The van der Waals surface area contributed by atoms with E-state index in [1.165, 1.54) is 5.56 Å². The van der Waals surface area contributed by atoms with Gasteiger partial charge in [0.25, 0.3) is 0 Å². The van der Waals surface area contributed by atoms with E-state index < -0.39 is 0 Å². The van der Waals surface area contributed by atoms with Gasteiger partial charge in [-0.3, -0.25) is 0 Å². The van der Waals surface area contributed by atoms with E-state index in [0.29, 0.717) is 0 Å². The molecule has 90 valence electrons. The van der Waals surface area contributed by atoms with Gasteiger partial charge in [-0.1, -0.05) is 36.9 Å². The lowest BCUT2D eigenvalue weighted by Crippen LogP contribution is -3.00. The fourth-order valence-electron chi connectivity index (χ4n) is 1.49. The zero-order valence-electron chi connectivity index (χ0n) is 10.7. The van der Waals surface area contributed by atoms with Crippen LogP contribution in [-0.4, -0.2) is 24.1 Å². The zero-order valence-corrected chi connectivity index (χ0v) is 11.5. The molecule has 0 amide bonds. The van der Waals surface area contributed by atoms with Crippen LogP contribution < -0.4 is 12.4 Å². The van der Waals surface area contributed by atoms with Gasteiger partial charge in [0.1, 0.15) is 12.1 Å². The summed E-state index contributed by atoms with van der Waals surface area (Å²) >= 11 is 0. The Bertz CT molecular complexity index is 328. The number of benzene rings is 1. The van der Waals surface area contributed by atoms with E-state index in [-0.39, 0.29) is 17.9 Å². The van der Waals surface area contributed by atoms with Crippen molar-refractivity contribution in [1.82, 2.24) is 0 Å². The highest BCUT2D eigenvalue weighted by Gasteiger charge is 2.33. The number of hydrogen-bond acceptors (Lipinski definition) is 0. The molecule has 0 bridgehead atoms. The Balaban J connectivity index is 0.00000225. The molecule has 16 heavy (non-hydrogen) atoms. The molecule has 2 heteroatoms. The van der Waals surface area contributed by atoms with E-state index in [1.807, 2.05) is 6.08 Å². The van der Waals surface area contributed by atoms with Gasteiger partial charge < -0.3 is 16.9 Å². The first-order chi connectivity index (χ1) is 6.89. The van der Waals surface area contributed by atoms with Crippen molar-refractivity contribution in [3.05, 3.63) is 48.6 Å². The molecule has 0 saturated carbocycles. The maximum Gasteiger partial charge on any atom is 0.112 e. The summed E-state index contributed by atoms with van der Waals surface area (Å²) in [5.41, 5.74) is 1.47. The molecule has 1 rings (SSSR count). The number of likely N-dealkylation sites (N-methyl/N-ethyl adjacent to an activating group) is 1. The summed E-state index contributed by atoms with van der Waals surface area (Å²) in [5.74, 6) is 0. The number of halogens is 1. The maximum absolute atomic E-state index is 3.92. The summed E-state index contributed by atoms with van der Waals surface area (Å²) in [7, 11) is 4.49. The van der Waals surface area contributed by atoms with Crippen LogP contribution in [0.2, 0.25) is 0 Å². The van der Waals surface area contributed by atoms with Gasteiger partial charge in [-0.2, -0.15) is 0 Å². The SMILES string of the molecule is C=CC(C)(C)[N+](C)(C)Cc1ccccc1.[Cl-]. The maximum atomic E-state index is 3.92. The number of quaternary nitrogens is 1. The van der Waals surface area contributed by atoms with Crippen LogP contribution in [0.25, 0.3) is 0 Å². The molecule has 0 aliphatic heterocycles. The molecule has 0 unspecified atom stereocenters. The quantitative estimate of drug-likeness (QED) is 0.522. The molecule has 1 aromatic rings. The van der Waals surface area contributed by atoms with Gasteiger partial charge in [0.2, 0.25) is 0 Å². The second kappa shape index (κ2) is 5.51. The summed E-state index contributed by atoms with van der Waals surface area (Å²) < 4.78 is 0.917. The number of nitrogens with zero attached hydrogens (tertiary/aromatic N) is 1. The summed E-state index contributed by atoms with van der Waals surface area (Å²) in [6.45, 7) is 9.40. The third-order valence-corrected chi connectivity index (χ3v) is 3.48. The first kappa shape index (κ1) is 15.2. The lowest BCUT2D eigenvalue weighted by molar-refractivity contribution is -0.942. The van der Waals surface area contributed by atoms with E-state index in [2.05, 4.69) is 64.9 Å². The fraction of sp³-hybridized carbons (Fsp3) is 0.429. The molecule has 0 aliphatic carbocycles. The van der Waals surface area contributed by atoms with Crippen LogP contribution in [0.3, 0.4) is 0 Å². The van der Waals surface area contributed by atoms with Crippen LogP contribution >= 0.6 is 0 Å². The first-order valence-electron chi connectivity index (χ1n) is 5.40. The molecular formula is C14H22ClN. The van der Waals surface area contributed by atoms with E-state index >= 15 is 0 Å². The fourth-order valence-corrected chi connectivity index (χ4v) is 1.49. The smallest absolute Gasteiger partial charge is 0.112 e. The van der Waals surface area contributed by atoms with Crippen molar-refractivity contribution in [2.24, 2.45) is 0 Å². The lowest BCUT2D eigenvalue weighted by Gasteiger charge is -2.42. The van der Waals surface area contributed by atoms with Crippen molar-refractivity contribution in [1.29, 1.82) is 0 Å². The largest absolute Gasteiger partial charge is 1.00 e. The van der Waals surface area contributed by atoms with E-state index in [1.54, 1.807) is 0 Å². The Labute approximate surface area is 106 Å². The molecule has 0 heterocycles. The highest BCUT2D eigenvalue weighted by molar-refractivity contribution is 5.13. The second-order valence-electron chi connectivity index (χ2n) is 5.19. The minimum Gasteiger partial charge on any atom is -1.00 e. The Morgan fingerprint density at radius 3 is 2.12 bits per heavy atom. The Hall–Kier alpha value is -0.790. The Kier molecular flexibility index (Phi) is 5.24. The Morgan fingerprint density at radius 2 is 1.69 bits per heavy atom. The van der Waals surface area contributed by atoms with Gasteiger partial charge in [-0.15, -0.1) is 0 Å². The standard InChI is InChI=1S/C14H22N.ClH/c1-6-14(2,3)15(4,5)12-13-10-8-7-9-11-13;/h6-11H,1,12H2,2-5H3;1H/q+1;/p-1. The predicted octanol–water partition coefficient (Wildman–Crippen LogP) is 0.232. The van der Waals surface area contributed by atoms with Crippen molar-refractivity contribution in [3.63, 3.8) is 0 Å². The molecule has 0 atom stereocenters. The van der Waals surface area contributed by atoms with Crippen molar-refractivity contribution in [2.75, 3.05) is 14.1 Å². The minimum atomic E-state index is 0. The van der Waals surface area contributed by atoms with Gasteiger partial charge in [0.05, 0.1) is 14.1 Å². The Morgan fingerprint density at radius 1 is 1.19 bits per heavy atom. The van der Waals surface area contributed by atoms with Crippen molar-refractivity contribution < 1.29 is 16.9 Å². The van der Waals surface area contributed by atoms with Crippen molar-refractivity contribution >= 4 is 0 Å². The van der Waals surface area contributed by atoms with Gasteiger partial charge in [-0.05, 0) is 19.9 Å². The second-order valence-corrected chi connectivity index (χ2v) is 5.19. The van der Waals surface area contributed by atoms with E-state index in [9.17, 15) is 0 Å². The normalized spacial score (nSPS) is 11.8. The lowest BCUT2D eigenvalue weighted by atomic mass is 9.99. The summed E-state index contributed by atoms with van der Waals surface area (Å²) in [6.07, 6.45) is 2.04. The van der Waals surface area contributed by atoms with E-state index in [4.69, 9.17) is 0 Å². The summed E-state index contributed by atoms with van der Waals surface area (Å²) in [4.78, 5) is 0. The van der Waals surface area contributed by atoms with E-state index in [0.717, 1.165) is 11.0 Å². The molecule has 0 fully saturated rings. The highest BCUT2D eigenvalue weighted by Crippen LogP contribution is 2.24. The van der Waals surface area contributed by atoms with Gasteiger partial charge in [-0.25, -0.2) is 0 Å². The monoisotopic (exact) mass is 239 g/mol. The molecule has 0 radical (unpaired) electrons. The van der Waals surface area contributed by atoms with Gasteiger partial charge in [0.15, 0.2) is 0 Å². The number of rotatable bonds is 4. The third-order valence-electron chi connectivity index (χ3n) is 3.48. The molecule has 1 nitrogen and oxygen atoms in total. The molecule has 0 N–H and O–H groups in total. The predicted molar refractivity (Wildman–Crippen MR) is 66.5 cm³/mol.